The van der Waals surface area contributed by atoms with E-state index >= 15 is 0 Å². The first-order chi connectivity index (χ1) is 14.5. The quantitative estimate of drug-likeness (QED) is 0.652. The lowest BCUT2D eigenvalue weighted by Gasteiger charge is -2.23. The summed E-state index contributed by atoms with van der Waals surface area (Å²) in [5.41, 5.74) is 3.31. The Kier molecular flexibility index (Phi) is 8.13. The Morgan fingerprint density at radius 2 is 1.57 bits per heavy atom. The number of carbonyl (C=O) groups is 1. The van der Waals surface area contributed by atoms with Crippen LogP contribution in [0.2, 0.25) is 0 Å². The molecular formula is C23H30BrN3O3. The zero-order valence-corrected chi connectivity index (χ0v) is 19.5. The number of hydrogen-bond donors (Lipinski definition) is 1. The second-order valence-corrected chi connectivity index (χ2v) is 8.44. The van der Waals surface area contributed by atoms with Gasteiger partial charge in [-0.25, -0.2) is 0 Å². The van der Waals surface area contributed by atoms with Crippen LogP contribution in [0.4, 0.5) is 5.69 Å². The van der Waals surface area contributed by atoms with Crippen molar-refractivity contribution in [3.05, 3.63) is 52.0 Å². The number of nitrogens with zero attached hydrogens (tertiary/aromatic N) is 2. The van der Waals surface area contributed by atoms with Crippen molar-refractivity contribution in [1.82, 2.24) is 9.80 Å². The molecule has 2 aromatic carbocycles. The largest absolute Gasteiger partial charge is 0.493 e. The number of methoxy groups -OCH3 is 2. The Hall–Kier alpha value is -2.09. The van der Waals surface area contributed by atoms with Crippen LogP contribution in [0.5, 0.6) is 11.5 Å². The number of hydrogen-bond acceptors (Lipinski definition) is 5. The van der Waals surface area contributed by atoms with Crippen LogP contribution in [0.3, 0.4) is 0 Å². The first kappa shape index (κ1) is 22.6. The SMILES string of the molecule is COc1cc(Br)c(CN2CCCN(Cc3ccc(NC(C)=O)cc3)CC2)cc1OC. The molecule has 1 N–H and O–H groups in total. The van der Waals surface area contributed by atoms with E-state index in [4.69, 9.17) is 9.47 Å². The van der Waals surface area contributed by atoms with Gasteiger partial charge in [0.25, 0.3) is 0 Å². The van der Waals surface area contributed by atoms with E-state index in [9.17, 15) is 4.79 Å². The van der Waals surface area contributed by atoms with E-state index in [2.05, 4.69) is 49.2 Å². The van der Waals surface area contributed by atoms with Crippen LogP contribution in [0.25, 0.3) is 0 Å². The topological polar surface area (TPSA) is 54.0 Å². The molecule has 2 aromatic rings. The van der Waals surface area contributed by atoms with Gasteiger partial charge in [0.2, 0.25) is 5.91 Å². The highest BCUT2D eigenvalue weighted by Gasteiger charge is 2.17. The fourth-order valence-corrected chi connectivity index (χ4v) is 4.20. The van der Waals surface area contributed by atoms with Crippen molar-refractivity contribution in [1.29, 1.82) is 0 Å². The normalized spacial score (nSPS) is 15.5. The summed E-state index contributed by atoms with van der Waals surface area (Å²) < 4.78 is 11.9. The zero-order valence-electron chi connectivity index (χ0n) is 17.9. The lowest BCUT2D eigenvalue weighted by molar-refractivity contribution is -0.114. The minimum atomic E-state index is -0.0449. The number of benzene rings is 2. The number of carbonyl (C=O) groups excluding carboxylic acids is 1. The number of rotatable bonds is 7. The molecule has 0 aliphatic carbocycles. The highest BCUT2D eigenvalue weighted by molar-refractivity contribution is 9.10. The van der Waals surface area contributed by atoms with Crippen LogP contribution >= 0.6 is 15.9 Å². The second-order valence-electron chi connectivity index (χ2n) is 7.58. The summed E-state index contributed by atoms with van der Waals surface area (Å²) >= 11 is 3.68. The van der Waals surface area contributed by atoms with Gasteiger partial charge in [-0.05, 0) is 54.9 Å². The Bertz CT molecular complexity index is 858. The van der Waals surface area contributed by atoms with E-state index < -0.39 is 0 Å². The molecule has 1 heterocycles. The van der Waals surface area contributed by atoms with Crippen molar-refractivity contribution in [3.8, 4) is 11.5 Å². The summed E-state index contributed by atoms with van der Waals surface area (Å²) in [7, 11) is 3.32. The van der Waals surface area contributed by atoms with Gasteiger partial charge >= 0.3 is 0 Å². The third-order valence-corrected chi connectivity index (χ3v) is 6.05. The van der Waals surface area contributed by atoms with Crippen LogP contribution in [-0.4, -0.2) is 56.1 Å². The van der Waals surface area contributed by atoms with E-state index in [1.807, 2.05) is 18.2 Å². The highest BCUT2D eigenvalue weighted by atomic mass is 79.9. The molecule has 1 fully saturated rings. The maximum atomic E-state index is 11.2. The molecule has 1 aliphatic rings. The summed E-state index contributed by atoms with van der Waals surface area (Å²) in [6, 6.07) is 12.2. The number of amides is 1. The molecule has 0 aromatic heterocycles. The molecule has 7 heteroatoms. The lowest BCUT2D eigenvalue weighted by atomic mass is 10.2. The van der Waals surface area contributed by atoms with Crippen molar-refractivity contribution in [2.24, 2.45) is 0 Å². The van der Waals surface area contributed by atoms with Crippen molar-refractivity contribution < 1.29 is 14.3 Å². The van der Waals surface area contributed by atoms with Gasteiger partial charge in [-0.15, -0.1) is 0 Å². The number of nitrogens with one attached hydrogen (secondary N) is 1. The lowest BCUT2D eigenvalue weighted by Crippen LogP contribution is -2.30. The van der Waals surface area contributed by atoms with Crippen LogP contribution < -0.4 is 14.8 Å². The highest BCUT2D eigenvalue weighted by Crippen LogP contribution is 2.34. The van der Waals surface area contributed by atoms with E-state index in [-0.39, 0.29) is 5.91 Å². The van der Waals surface area contributed by atoms with Gasteiger partial charge < -0.3 is 14.8 Å². The van der Waals surface area contributed by atoms with E-state index in [0.29, 0.717) is 0 Å². The molecule has 3 rings (SSSR count). The monoisotopic (exact) mass is 475 g/mol. The molecule has 0 unspecified atom stereocenters. The van der Waals surface area contributed by atoms with Crippen molar-refractivity contribution in [3.63, 3.8) is 0 Å². The van der Waals surface area contributed by atoms with Gasteiger partial charge in [-0.2, -0.15) is 0 Å². The van der Waals surface area contributed by atoms with E-state index in [1.165, 1.54) is 18.1 Å². The summed E-state index contributed by atoms with van der Waals surface area (Å²) in [5.74, 6) is 1.45. The molecule has 0 atom stereocenters. The number of halogens is 1. The van der Waals surface area contributed by atoms with E-state index in [1.54, 1.807) is 14.2 Å². The van der Waals surface area contributed by atoms with Crippen molar-refractivity contribution >= 4 is 27.5 Å². The average molecular weight is 476 g/mol. The van der Waals surface area contributed by atoms with Crippen LogP contribution in [-0.2, 0) is 17.9 Å². The maximum absolute atomic E-state index is 11.2. The first-order valence-corrected chi connectivity index (χ1v) is 11.0. The fraction of sp³-hybridized carbons (Fsp3) is 0.435. The van der Waals surface area contributed by atoms with Gasteiger partial charge in [0.05, 0.1) is 14.2 Å². The Labute approximate surface area is 187 Å². The Morgan fingerprint density at radius 1 is 0.967 bits per heavy atom. The van der Waals surface area contributed by atoms with Crippen molar-refractivity contribution in [2.45, 2.75) is 26.4 Å². The zero-order chi connectivity index (χ0) is 21.5. The number of ether oxygens (including phenoxy) is 2. The van der Waals surface area contributed by atoms with Crippen LogP contribution in [0.1, 0.15) is 24.5 Å². The Balaban J connectivity index is 1.57. The predicted octanol–water partition coefficient (Wildman–Crippen LogP) is 4.13. The predicted molar refractivity (Wildman–Crippen MR) is 123 cm³/mol. The minimum absolute atomic E-state index is 0.0449. The summed E-state index contributed by atoms with van der Waals surface area (Å²) in [6.45, 7) is 7.52. The second kappa shape index (κ2) is 10.8. The van der Waals surface area contributed by atoms with Gasteiger partial charge in [0, 0.05) is 43.3 Å². The third-order valence-electron chi connectivity index (χ3n) is 5.31. The molecule has 30 heavy (non-hydrogen) atoms. The molecule has 1 aliphatic heterocycles. The van der Waals surface area contributed by atoms with Gasteiger partial charge in [-0.3, -0.25) is 14.6 Å². The fourth-order valence-electron chi connectivity index (χ4n) is 3.75. The third kappa shape index (κ3) is 6.20. The molecule has 1 saturated heterocycles. The summed E-state index contributed by atoms with van der Waals surface area (Å²) in [5, 5.41) is 2.81. The molecule has 1 amide bonds. The average Bonchev–Trinajstić information content (AvgIpc) is 2.95. The molecule has 0 spiro atoms. The maximum Gasteiger partial charge on any atom is 0.221 e. The molecule has 0 saturated carbocycles. The van der Waals surface area contributed by atoms with E-state index in [0.717, 1.165) is 67.3 Å². The molecule has 162 valence electrons. The molecular weight excluding hydrogens is 446 g/mol. The Morgan fingerprint density at radius 3 is 2.17 bits per heavy atom. The molecule has 0 radical (unpaired) electrons. The minimum Gasteiger partial charge on any atom is -0.493 e. The van der Waals surface area contributed by atoms with Gasteiger partial charge in [-0.1, -0.05) is 28.1 Å². The number of anilines is 1. The molecule has 6 nitrogen and oxygen atoms in total. The van der Waals surface area contributed by atoms with Crippen LogP contribution in [0, 0.1) is 0 Å². The summed E-state index contributed by atoms with van der Waals surface area (Å²) in [6.07, 6.45) is 1.13. The molecule has 0 bridgehead atoms. The smallest absolute Gasteiger partial charge is 0.221 e. The van der Waals surface area contributed by atoms with Crippen molar-refractivity contribution in [2.75, 3.05) is 45.7 Å². The summed E-state index contributed by atoms with van der Waals surface area (Å²) in [4.78, 5) is 16.2. The van der Waals surface area contributed by atoms with Crippen LogP contribution in [0.15, 0.2) is 40.9 Å². The standard InChI is InChI=1S/C23H30BrN3O3/c1-17(28)25-20-7-5-18(6-8-20)15-26-9-4-10-27(12-11-26)16-19-13-22(29-2)23(30-3)14-21(19)24/h5-8,13-14H,4,9-12,15-16H2,1-3H3,(H,25,28). The van der Waals surface area contributed by atoms with Gasteiger partial charge in [0.1, 0.15) is 0 Å². The first-order valence-electron chi connectivity index (χ1n) is 10.2. The van der Waals surface area contributed by atoms with Gasteiger partial charge in [0.15, 0.2) is 11.5 Å².